The Labute approximate surface area is 154 Å². The lowest BCUT2D eigenvalue weighted by molar-refractivity contribution is 0.477. The van der Waals surface area contributed by atoms with Gasteiger partial charge in [0.05, 0.1) is 0 Å². The molecular weight excluding hydrogens is 316 g/mol. The lowest BCUT2D eigenvalue weighted by Crippen LogP contribution is -1.96. The van der Waals surface area contributed by atoms with Gasteiger partial charge in [-0.15, -0.1) is 0 Å². The van der Waals surface area contributed by atoms with Crippen LogP contribution in [0.1, 0.15) is 11.1 Å². The Morgan fingerprint density at radius 1 is 0.500 bits per heavy atom. The van der Waals surface area contributed by atoms with Crippen molar-refractivity contribution in [3.8, 4) is 28.0 Å². The van der Waals surface area contributed by atoms with Crippen LogP contribution in [0.2, 0.25) is 0 Å². The highest BCUT2D eigenvalue weighted by Gasteiger charge is 2.16. The van der Waals surface area contributed by atoms with Gasteiger partial charge in [0.15, 0.2) is 0 Å². The second-order valence-corrected chi connectivity index (χ2v) is 6.39. The van der Waals surface area contributed by atoms with E-state index in [-0.39, 0.29) is 0 Å². The highest BCUT2D eigenvalue weighted by molar-refractivity contribution is 5.89. The summed E-state index contributed by atoms with van der Waals surface area (Å²) in [7, 11) is 0. The van der Waals surface area contributed by atoms with Gasteiger partial charge in [0.25, 0.3) is 0 Å². The van der Waals surface area contributed by atoms with E-state index in [0.717, 1.165) is 28.7 Å². The maximum absolute atomic E-state index is 10.7. The average molecular weight is 336 g/mol. The summed E-state index contributed by atoms with van der Waals surface area (Å²) in [5.41, 5.74) is 6.60. The number of aromatic hydroxyl groups is 1. The Morgan fingerprint density at radius 3 is 1.58 bits per heavy atom. The first-order chi connectivity index (χ1) is 12.8. The molecule has 26 heavy (non-hydrogen) atoms. The first-order valence-electron chi connectivity index (χ1n) is 8.82. The van der Waals surface area contributed by atoms with Gasteiger partial charge in [0, 0.05) is 5.56 Å². The van der Waals surface area contributed by atoms with Crippen LogP contribution in [-0.4, -0.2) is 5.11 Å². The second kappa shape index (κ2) is 7.28. The minimum absolute atomic E-state index is 0.312. The number of phenolic OH excluding ortho intramolecular Hbond substituents is 1. The summed E-state index contributed by atoms with van der Waals surface area (Å²) in [6.45, 7) is 0. The van der Waals surface area contributed by atoms with Crippen molar-refractivity contribution in [2.75, 3.05) is 0 Å². The van der Waals surface area contributed by atoms with Crippen LogP contribution in [0.25, 0.3) is 22.3 Å². The Kier molecular flexibility index (Phi) is 4.53. The Hall–Kier alpha value is -3.32. The molecule has 0 aliphatic rings. The van der Waals surface area contributed by atoms with Crippen LogP contribution in [0, 0.1) is 0 Å². The molecule has 4 aromatic carbocycles. The molecule has 0 fully saturated rings. The molecule has 0 radical (unpaired) electrons. The largest absolute Gasteiger partial charge is 0.507 e. The molecule has 0 aliphatic carbocycles. The highest BCUT2D eigenvalue weighted by Crippen LogP contribution is 2.41. The summed E-state index contributed by atoms with van der Waals surface area (Å²) in [4.78, 5) is 0. The molecule has 0 saturated carbocycles. The first-order valence-corrected chi connectivity index (χ1v) is 8.82. The predicted octanol–water partition coefficient (Wildman–Crippen LogP) is 6.32. The summed E-state index contributed by atoms with van der Waals surface area (Å²) < 4.78 is 0. The first kappa shape index (κ1) is 16.2. The molecule has 1 N–H and O–H groups in total. The summed E-state index contributed by atoms with van der Waals surface area (Å²) in [5.74, 6) is 0.312. The van der Waals surface area contributed by atoms with E-state index >= 15 is 0 Å². The van der Waals surface area contributed by atoms with Gasteiger partial charge in [-0.1, -0.05) is 97.1 Å². The van der Waals surface area contributed by atoms with Gasteiger partial charge in [-0.25, -0.2) is 0 Å². The lowest BCUT2D eigenvalue weighted by atomic mass is 9.87. The molecule has 0 atom stereocenters. The fraction of sp³-hybridized carbons (Fsp3) is 0.0400. The topological polar surface area (TPSA) is 20.2 Å². The third-order valence-corrected chi connectivity index (χ3v) is 4.63. The van der Waals surface area contributed by atoms with Gasteiger partial charge in [0.1, 0.15) is 5.75 Å². The highest BCUT2D eigenvalue weighted by atomic mass is 16.3. The average Bonchev–Trinajstić information content (AvgIpc) is 2.71. The quantitative estimate of drug-likeness (QED) is 0.462. The zero-order valence-corrected chi connectivity index (χ0v) is 14.5. The zero-order valence-electron chi connectivity index (χ0n) is 14.5. The van der Waals surface area contributed by atoms with E-state index in [9.17, 15) is 5.11 Å². The minimum atomic E-state index is 0.312. The molecule has 0 amide bonds. The van der Waals surface area contributed by atoms with Gasteiger partial charge in [0.2, 0.25) is 0 Å². The fourth-order valence-electron chi connectivity index (χ4n) is 3.43. The maximum Gasteiger partial charge on any atom is 0.124 e. The standard InChI is InChI=1S/C25H20O/c26-23-17-16-22(18-19-10-4-1-5-11-19)24(20-12-6-2-7-13-20)25(23)21-14-8-3-9-15-21/h1-17,26H,18H2. The van der Waals surface area contributed by atoms with E-state index in [1.165, 1.54) is 11.1 Å². The number of phenols is 1. The van der Waals surface area contributed by atoms with Crippen molar-refractivity contribution < 1.29 is 5.11 Å². The number of hydrogen-bond acceptors (Lipinski definition) is 1. The number of benzene rings is 4. The molecule has 0 heterocycles. The Bertz CT molecular complexity index is 990. The van der Waals surface area contributed by atoms with Crippen molar-refractivity contribution >= 4 is 0 Å². The molecule has 4 aromatic rings. The lowest BCUT2D eigenvalue weighted by Gasteiger charge is -2.17. The molecule has 1 nitrogen and oxygen atoms in total. The van der Waals surface area contributed by atoms with Crippen LogP contribution >= 0.6 is 0 Å². The third-order valence-electron chi connectivity index (χ3n) is 4.63. The summed E-state index contributed by atoms with van der Waals surface area (Å²) in [6.07, 6.45) is 0.825. The number of rotatable bonds is 4. The van der Waals surface area contributed by atoms with Crippen molar-refractivity contribution in [3.63, 3.8) is 0 Å². The van der Waals surface area contributed by atoms with E-state index in [1.807, 2.05) is 66.7 Å². The molecule has 1 heteroatoms. The molecule has 0 unspecified atom stereocenters. The summed E-state index contributed by atoms with van der Waals surface area (Å²) in [6, 6.07) is 34.7. The van der Waals surface area contributed by atoms with E-state index in [2.05, 4.69) is 36.4 Å². The fourth-order valence-corrected chi connectivity index (χ4v) is 3.43. The van der Waals surface area contributed by atoms with Crippen molar-refractivity contribution in [1.82, 2.24) is 0 Å². The molecule has 0 bridgehead atoms. The predicted molar refractivity (Wildman–Crippen MR) is 108 cm³/mol. The molecule has 0 aromatic heterocycles. The second-order valence-electron chi connectivity index (χ2n) is 6.39. The molecule has 0 aliphatic heterocycles. The summed E-state index contributed by atoms with van der Waals surface area (Å²) >= 11 is 0. The molecule has 0 saturated heterocycles. The van der Waals surface area contributed by atoms with E-state index in [4.69, 9.17) is 0 Å². The van der Waals surface area contributed by atoms with E-state index in [0.29, 0.717) is 5.75 Å². The van der Waals surface area contributed by atoms with Crippen LogP contribution < -0.4 is 0 Å². The van der Waals surface area contributed by atoms with Crippen molar-refractivity contribution in [1.29, 1.82) is 0 Å². The van der Waals surface area contributed by atoms with E-state index in [1.54, 1.807) is 0 Å². The monoisotopic (exact) mass is 336 g/mol. The van der Waals surface area contributed by atoms with Crippen LogP contribution in [0.15, 0.2) is 103 Å². The van der Waals surface area contributed by atoms with Crippen molar-refractivity contribution in [3.05, 3.63) is 114 Å². The van der Waals surface area contributed by atoms with Crippen LogP contribution in [0.4, 0.5) is 0 Å². The normalized spacial score (nSPS) is 10.6. The zero-order chi connectivity index (χ0) is 17.8. The van der Waals surface area contributed by atoms with Gasteiger partial charge >= 0.3 is 0 Å². The van der Waals surface area contributed by atoms with Crippen LogP contribution in [0.5, 0.6) is 5.75 Å². The van der Waals surface area contributed by atoms with Crippen LogP contribution in [-0.2, 0) is 6.42 Å². The molecule has 4 rings (SSSR count). The van der Waals surface area contributed by atoms with Gasteiger partial charge < -0.3 is 5.11 Å². The Balaban J connectivity index is 1.95. The number of hydrogen-bond donors (Lipinski definition) is 1. The minimum Gasteiger partial charge on any atom is -0.507 e. The maximum atomic E-state index is 10.7. The summed E-state index contributed by atoms with van der Waals surface area (Å²) in [5, 5.41) is 10.7. The van der Waals surface area contributed by atoms with Gasteiger partial charge in [-0.05, 0) is 40.3 Å². The molecular formula is C25H20O. The third kappa shape index (κ3) is 3.25. The smallest absolute Gasteiger partial charge is 0.124 e. The van der Waals surface area contributed by atoms with Crippen LogP contribution in [0.3, 0.4) is 0 Å². The van der Waals surface area contributed by atoms with Gasteiger partial charge in [-0.2, -0.15) is 0 Å². The van der Waals surface area contributed by atoms with Crippen molar-refractivity contribution in [2.45, 2.75) is 6.42 Å². The molecule has 0 spiro atoms. The SMILES string of the molecule is Oc1ccc(Cc2ccccc2)c(-c2ccccc2)c1-c1ccccc1. The molecule has 126 valence electrons. The Morgan fingerprint density at radius 2 is 1.00 bits per heavy atom. The van der Waals surface area contributed by atoms with Crippen molar-refractivity contribution in [2.24, 2.45) is 0 Å². The van der Waals surface area contributed by atoms with Gasteiger partial charge in [-0.3, -0.25) is 0 Å². The van der Waals surface area contributed by atoms with E-state index < -0.39 is 0 Å².